The molecule has 0 amide bonds. The number of halogens is 2. The summed E-state index contributed by atoms with van der Waals surface area (Å²) >= 11 is 10.4. The molecular weight excluding hydrogens is 463 g/mol. The maximum atomic E-state index is 10.8. The topological polar surface area (TPSA) is 172 Å². The highest BCUT2D eigenvalue weighted by Gasteiger charge is 2.33. The molecular formula is C20H14Cl2N4O6. The summed E-state index contributed by atoms with van der Waals surface area (Å²) in [4.78, 5) is 53.5. The number of aromatic nitrogens is 4. The summed E-state index contributed by atoms with van der Waals surface area (Å²) in [5, 5.41) is 16.3. The Morgan fingerprint density at radius 3 is 1.03 bits per heavy atom. The summed E-state index contributed by atoms with van der Waals surface area (Å²) in [7, 11) is 0. The van der Waals surface area contributed by atoms with E-state index in [1.54, 1.807) is 0 Å². The molecule has 164 valence electrons. The molecule has 32 heavy (non-hydrogen) atoms. The molecule has 5 rings (SSSR count). The van der Waals surface area contributed by atoms with Gasteiger partial charge in [-0.3, -0.25) is 9.59 Å². The summed E-state index contributed by atoms with van der Waals surface area (Å²) in [5.41, 5.74) is 3.11. The molecule has 10 nitrogen and oxygen atoms in total. The Labute approximate surface area is 187 Å². The number of H-pyrrole nitrogens is 4. The average Bonchev–Trinajstić information content (AvgIpc) is 3.36. The lowest BCUT2D eigenvalue weighted by molar-refractivity contribution is -0.119. The molecule has 12 heteroatoms. The van der Waals surface area contributed by atoms with Crippen LogP contribution in [0.2, 0.25) is 0 Å². The van der Waals surface area contributed by atoms with Crippen molar-refractivity contribution in [3.05, 3.63) is 91.1 Å². The number of fused-ring (bicyclic) bond motifs is 2. The van der Waals surface area contributed by atoms with Crippen LogP contribution < -0.4 is 11.4 Å². The number of aliphatic hydroxyl groups excluding tert-OH is 2. The standard InChI is InChI=1S/2C7H6N2O.C6H2Cl2O4/c2*10-7-8-5-3-1-2-4-6(5)9-7;7-1-3(9)5(11)2(8)6(12)4(1)10/h2*1-4H,(H2,8,9,10);9,12H. The number of rotatable bonds is 0. The van der Waals surface area contributed by atoms with Crippen LogP contribution in [0.1, 0.15) is 0 Å². The minimum absolute atomic E-state index is 0.152. The first-order valence-electron chi connectivity index (χ1n) is 8.80. The number of nitrogens with one attached hydrogen (secondary N) is 4. The molecule has 2 heterocycles. The van der Waals surface area contributed by atoms with Crippen molar-refractivity contribution in [1.82, 2.24) is 19.9 Å². The average molecular weight is 477 g/mol. The van der Waals surface area contributed by atoms with Crippen molar-refractivity contribution in [3.63, 3.8) is 0 Å². The molecule has 1 aliphatic rings. The van der Waals surface area contributed by atoms with Crippen LogP contribution >= 0.6 is 23.2 Å². The molecule has 0 saturated heterocycles. The van der Waals surface area contributed by atoms with Crippen LogP contribution in [0.3, 0.4) is 0 Å². The van der Waals surface area contributed by atoms with E-state index in [4.69, 9.17) is 33.4 Å². The Morgan fingerprint density at radius 1 is 0.531 bits per heavy atom. The maximum Gasteiger partial charge on any atom is 0.323 e. The van der Waals surface area contributed by atoms with Gasteiger partial charge in [0.15, 0.2) is 11.5 Å². The number of aliphatic hydroxyl groups is 2. The van der Waals surface area contributed by atoms with Crippen LogP contribution in [0.15, 0.2) is 79.7 Å². The Balaban J connectivity index is 0.000000136. The van der Waals surface area contributed by atoms with E-state index >= 15 is 0 Å². The van der Waals surface area contributed by atoms with Crippen molar-refractivity contribution in [1.29, 1.82) is 0 Å². The fourth-order valence-electron chi connectivity index (χ4n) is 2.58. The van der Waals surface area contributed by atoms with Gasteiger partial charge in [0.1, 0.15) is 10.1 Å². The number of hydrogen-bond acceptors (Lipinski definition) is 6. The molecule has 4 aromatic rings. The summed E-state index contributed by atoms with van der Waals surface area (Å²) < 4.78 is 0. The molecule has 6 N–H and O–H groups in total. The highest BCUT2D eigenvalue weighted by molar-refractivity contribution is 6.55. The predicted octanol–water partition coefficient (Wildman–Crippen LogP) is 2.87. The number of Topliss-reactive ketones (excluding diaryl/α,β-unsaturated/α-hetero) is 2. The van der Waals surface area contributed by atoms with Crippen molar-refractivity contribution in [2.45, 2.75) is 0 Å². The zero-order valence-corrected chi connectivity index (χ0v) is 17.4. The molecule has 2 aromatic heterocycles. The molecule has 0 radical (unpaired) electrons. The van der Waals surface area contributed by atoms with Gasteiger partial charge in [0.05, 0.1) is 22.1 Å². The third kappa shape index (κ3) is 4.82. The summed E-state index contributed by atoms with van der Waals surface area (Å²) in [5.74, 6) is -3.99. The van der Waals surface area contributed by atoms with Gasteiger partial charge in [-0.05, 0) is 24.3 Å². The van der Waals surface area contributed by atoms with E-state index in [-0.39, 0.29) is 11.4 Å². The third-order valence-electron chi connectivity index (χ3n) is 4.09. The SMILES string of the molecule is O=C1C(O)=C(Cl)C(=O)C(O)=C1Cl.O=c1[nH]c2ccccc2[nH]1.O=c1[nH]c2ccccc2[nH]1. The van der Waals surface area contributed by atoms with Crippen molar-refractivity contribution < 1.29 is 19.8 Å². The Kier molecular flexibility index (Phi) is 6.67. The second-order valence-electron chi connectivity index (χ2n) is 6.23. The van der Waals surface area contributed by atoms with Crippen LogP contribution in [0.5, 0.6) is 0 Å². The van der Waals surface area contributed by atoms with Crippen LogP contribution in [-0.2, 0) is 9.59 Å². The fourth-order valence-corrected chi connectivity index (χ4v) is 2.93. The number of aromatic amines is 4. The second kappa shape index (κ2) is 9.41. The van der Waals surface area contributed by atoms with Gasteiger partial charge in [0, 0.05) is 0 Å². The molecule has 1 aliphatic carbocycles. The highest BCUT2D eigenvalue weighted by atomic mass is 35.5. The first-order chi connectivity index (χ1) is 15.2. The zero-order valence-electron chi connectivity index (χ0n) is 15.9. The van der Waals surface area contributed by atoms with E-state index in [0.29, 0.717) is 0 Å². The van der Waals surface area contributed by atoms with Crippen molar-refractivity contribution in [2.24, 2.45) is 0 Å². The smallest absolute Gasteiger partial charge is 0.323 e. The first kappa shape index (κ1) is 22.7. The van der Waals surface area contributed by atoms with Gasteiger partial charge in [-0.2, -0.15) is 0 Å². The van der Waals surface area contributed by atoms with Crippen LogP contribution in [0, 0.1) is 0 Å². The maximum absolute atomic E-state index is 10.8. The van der Waals surface area contributed by atoms with Gasteiger partial charge in [0.2, 0.25) is 11.6 Å². The van der Waals surface area contributed by atoms with Crippen molar-refractivity contribution in [2.75, 3.05) is 0 Å². The quantitative estimate of drug-likeness (QED) is 0.213. The molecule has 0 bridgehead atoms. The van der Waals surface area contributed by atoms with Gasteiger partial charge in [-0.1, -0.05) is 47.5 Å². The van der Waals surface area contributed by atoms with E-state index in [0.717, 1.165) is 22.1 Å². The number of para-hydroxylation sites is 4. The number of carbonyl (C=O) groups is 2. The summed E-state index contributed by atoms with van der Waals surface area (Å²) in [6.07, 6.45) is 0. The predicted molar refractivity (Wildman–Crippen MR) is 119 cm³/mol. The zero-order chi connectivity index (χ0) is 23.4. The molecule has 0 atom stereocenters. The molecule has 2 aromatic carbocycles. The molecule has 0 aliphatic heterocycles. The lowest BCUT2D eigenvalue weighted by Crippen LogP contribution is -2.19. The van der Waals surface area contributed by atoms with E-state index in [2.05, 4.69) is 19.9 Å². The molecule has 0 saturated carbocycles. The minimum atomic E-state index is -1.06. The number of imidazole rings is 2. The summed E-state index contributed by atoms with van der Waals surface area (Å²) in [6, 6.07) is 14.9. The number of ketones is 2. The van der Waals surface area contributed by atoms with Gasteiger partial charge < -0.3 is 30.1 Å². The van der Waals surface area contributed by atoms with E-state index in [1.165, 1.54) is 0 Å². The lowest BCUT2D eigenvalue weighted by atomic mass is 10.1. The Hall–Kier alpha value is -4.02. The monoisotopic (exact) mass is 476 g/mol. The van der Waals surface area contributed by atoms with E-state index in [9.17, 15) is 19.2 Å². The number of carbonyl (C=O) groups excluding carboxylic acids is 2. The van der Waals surface area contributed by atoms with Gasteiger partial charge in [0.25, 0.3) is 0 Å². The van der Waals surface area contributed by atoms with Gasteiger partial charge in [-0.25, -0.2) is 9.59 Å². The van der Waals surface area contributed by atoms with Gasteiger partial charge in [-0.15, -0.1) is 0 Å². The molecule has 0 fully saturated rings. The first-order valence-corrected chi connectivity index (χ1v) is 9.55. The van der Waals surface area contributed by atoms with Crippen molar-refractivity contribution >= 4 is 56.8 Å². The van der Waals surface area contributed by atoms with Crippen LogP contribution in [0.25, 0.3) is 22.1 Å². The minimum Gasteiger partial charge on any atom is -0.503 e. The molecule has 0 unspecified atom stereocenters. The lowest BCUT2D eigenvalue weighted by Gasteiger charge is -2.08. The summed E-state index contributed by atoms with van der Waals surface area (Å²) in [6.45, 7) is 0. The fraction of sp³-hybridized carbons (Fsp3) is 0. The van der Waals surface area contributed by atoms with Crippen LogP contribution in [-0.4, -0.2) is 41.7 Å². The number of benzene rings is 2. The third-order valence-corrected chi connectivity index (χ3v) is 4.79. The second-order valence-corrected chi connectivity index (χ2v) is 6.99. The number of allylic oxidation sites excluding steroid dienone is 2. The Bertz CT molecular complexity index is 1290. The molecule has 0 spiro atoms. The highest BCUT2D eigenvalue weighted by Crippen LogP contribution is 2.26. The Morgan fingerprint density at radius 2 is 0.781 bits per heavy atom. The largest absolute Gasteiger partial charge is 0.503 e. The number of hydrogen-bond donors (Lipinski definition) is 6. The van der Waals surface area contributed by atoms with Crippen LogP contribution in [0.4, 0.5) is 0 Å². The van der Waals surface area contributed by atoms with E-state index in [1.807, 2.05) is 48.5 Å². The normalized spacial score (nSPS) is 13.7. The van der Waals surface area contributed by atoms with E-state index < -0.39 is 33.1 Å². The van der Waals surface area contributed by atoms with Gasteiger partial charge >= 0.3 is 11.4 Å². The van der Waals surface area contributed by atoms with Crippen molar-refractivity contribution in [3.8, 4) is 0 Å².